The van der Waals surface area contributed by atoms with Crippen molar-refractivity contribution in [1.29, 1.82) is 0 Å². The van der Waals surface area contributed by atoms with Crippen LogP contribution in [0.3, 0.4) is 0 Å². The first kappa shape index (κ1) is 12.3. The summed E-state index contributed by atoms with van der Waals surface area (Å²) in [6, 6.07) is 0. The van der Waals surface area contributed by atoms with E-state index in [2.05, 4.69) is 0 Å². The Kier molecular flexibility index (Phi) is 4.23. The molecular weight excluding hydrogens is 187 g/mol. The van der Waals surface area contributed by atoms with Crippen molar-refractivity contribution in [3.05, 3.63) is 11.8 Å². The van der Waals surface area contributed by atoms with E-state index in [0.29, 0.717) is 17.4 Å². The van der Waals surface area contributed by atoms with Gasteiger partial charge in [-0.3, -0.25) is 4.79 Å². The number of hydrogen-bond acceptors (Lipinski definition) is 2. The number of allylic oxidation sites excluding steroid dienone is 1. The monoisotopic (exact) mass is 202 g/mol. The van der Waals surface area contributed by atoms with Crippen LogP contribution < -0.4 is 34.7 Å². The van der Waals surface area contributed by atoms with Crippen LogP contribution in [0.15, 0.2) is 11.8 Å². The fourth-order valence-corrected chi connectivity index (χ4v) is 2.79. The standard InChI is InChI=1S/C11H16O2.Na/c12-8-9-7-11(4-1-2-5-11)6-3-10(9)13;/h8,12H,1-7H2;/q;+1/p-1/b9-8-;. The largest absolute Gasteiger partial charge is 1.00 e. The van der Waals surface area contributed by atoms with Gasteiger partial charge in [0.05, 0.1) is 0 Å². The molecule has 72 valence electrons. The second-order valence-corrected chi connectivity index (χ2v) is 4.45. The Bertz CT molecular complexity index is 252. The van der Waals surface area contributed by atoms with Crippen LogP contribution in [-0.2, 0) is 4.79 Å². The quantitative estimate of drug-likeness (QED) is 0.274. The van der Waals surface area contributed by atoms with Gasteiger partial charge in [0.15, 0.2) is 5.78 Å². The summed E-state index contributed by atoms with van der Waals surface area (Å²) in [7, 11) is 0. The summed E-state index contributed by atoms with van der Waals surface area (Å²) < 4.78 is 0. The summed E-state index contributed by atoms with van der Waals surface area (Å²) in [6.07, 6.45) is 8.16. The average Bonchev–Trinajstić information content (AvgIpc) is 2.59. The SMILES string of the molecule is O=C1CCC2(CCCC2)C/C1=C/[O-].[Na+]. The number of carbonyl (C=O) groups excluding carboxylic acids is 1. The molecular formula is C11H15NaO2. The van der Waals surface area contributed by atoms with Gasteiger partial charge in [0, 0.05) is 6.42 Å². The molecule has 0 amide bonds. The number of rotatable bonds is 0. The summed E-state index contributed by atoms with van der Waals surface area (Å²) in [5.74, 6) is 0.0903. The molecule has 2 rings (SSSR count). The van der Waals surface area contributed by atoms with Crippen molar-refractivity contribution in [2.45, 2.75) is 44.9 Å². The maximum atomic E-state index is 11.3. The molecule has 2 aliphatic carbocycles. The van der Waals surface area contributed by atoms with Crippen molar-refractivity contribution in [2.75, 3.05) is 0 Å². The van der Waals surface area contributed by atoms with E-state index in [4.69, 9.17) is 0 Å². The number of Topliss-reactive ketones (excluding diaryl/α,β-unsaturated/α-hetero) is 1. The zero-order valence-corrected chi connectivity index (χ0v) is 10.8. The van der Waals surface area contributed by atoms with Gasteiger partial charge in [0.2, 0.25) is 0 Å². The van der Waals surface area contributed by atoms with Crippen molar-refractivity contribution in [1.82, 2.24) is 0 Å². The molecule has 2 aliphatic rings. The molecule has 0 unspecified atom stereocenters. The fourth-order valence-electron chi connectivity index (χ4n) is 2.79. The molecule has 0 atom stereocenters. The van der Waals surface area contributed by atoms with Crippen molar-refractivity contribution >= 4 is 5.78 Å². The van der Waals surface area contributed by atoms with Crippen molar-refractivity contribution in [3.63, 3.8) is 0 Å². The topological polar surface area (TPSA) is 40.1 Å². The molecule has 0 N–H and O–H groups in total. The van der Waals surface area contributed by atoms with Gasteiger partial charge in [-0.25, -0.2) is 0 Å². The van der Waals surface area contributed by atoms with E-state index in [-0.39, 0.29) is 35.3 Å². The molecule has 14 heavy (non-hydrogen) atoms. The van der Waals surface area contributed by atoms with Crippen LogP contribution in [-0.4, -0.2) is 5.78 Å². The normalized spacial score (nSPS) is 28.0. The van der Waals surface area contributed by atoms with Crippen molar-refractivity contribution < 1.29 is 39.5 Å². The molecule has 0 aromatic rings. The molecule has 0 aliphatic heterocycles. The van der Waals surface area contributed by atoms with Crippen LogP contribution >= 0.6 is 0 Å². The first-order chi connectivity index (χ1) is 6.26. The Morgan fingerprint density at radius 2 is 1.86 bits per heavy atom. The Hall–Kier alpha value is 0.210. The Morgan fingerprint density at radius 1 is 1.21 bits per heavy atom. The van der Waals surface area contributed by atoms with Gasteiger partial charge in [0.25, 0.3) is 0 Å². The van der Waals surface area contributed by atoms with Gasteiger partial charge in [-0.2, -0.15) is 0 Å². The maximum absolute atomic E-state index is 11.3. The average molecular weight is 202 g/mol. The summed E-state index contributed by atoms with van der Waals surface area (Å²) in [5, 5.41) is 10.7. The second kappa shape index (κ2) is 4.82. The van der Waals surface area contributed by atoms with Crippen LogP contribution in [0.5, 0.6) is 0 Å². The van der Waals surface area contributed by atoms with Crippen LogP contribution in [0.1, 0.15) is 44.9 Å². The van der Waals surface area contributed by atoms with Crippen molar-refractivity contribution in [2.24, 2.45) is 5.41 Å². The smallest absolute Gasteiger partial charge is 0.878 e. The molecule has 0 saturated heterocycles. The van der Waals surface area contributed by atoms with E-state index in [9.17, 15) is 9.90 Å². The van der Waals surface area contributed by atoms with Gasteiger partial charge in [-0.05, 0) is 36.7 Å². The molecule has 3 heteroatoms. The van der Waals surface area contributed by atoms with Gasteiger partial charge in [0.1, 0.15) is 0 Å². The first-order valence-electron chi connectivity index (χ1n) is 5.10. The molecule has 1 spiro atoms. The molecule has 2 saturated carbocycles. The Balaban J connectivity index is 0.000000980. The predicted octanol–water partition coefficient (Wildman–Crippen LogP) is -1.45. The molecule has 0 aromatic carbocycles. The number of hydrogen-bond donors (Lipinski definition) is 0. The van der Waals surface area contributed by atoms with E-state index in [0.717, 1.165) is 19.1 Å². The number of ketones is 1. The van der Waals surface area contributed by atoms with E-state index in [1.807, 2.05) is 0 Å². The minimum absolute atomic E-state index is 0. The van der Waals surface area contributed by atoms with E-state index >= 15 is 0 Å². The van der Waals surface area contributed by atoms with Crippen LogP contribution in [0.25, 0.3) is 0 Å². The van der Waals surface area contributed by atoms with Gasteiger partial charge in [-0.1, -0.05) is 12.8 Å². The van der Waals surface area contributed by atoms with Crippen LogP contribution in [0.2, 0.25) is 0 Å². The third kappa shape index (κ3) is 2.23. The minimum atomic E-state index is 0. The van der Waals surface area contributed by atoms with Crippen LogP contribution in [0, 0.1) is 5.41 Å². The summed E-state index contributed by atoms with van der Waals surface area (Å²) in [5.41, 5.74) is 0.887. The first-order valence-corrected chi connectivity index (χ1v) is 5.10. The summed E-state index contributed by atoms with van der Waals surface area (Å²) in [4.78, 5) is 11.3. The molecule has 0 bridgehead atoms. The molecule has 2 fully saturated rings. The second-order valence-electron chi connectivity index (χ2n) is 4.45. The zero-order chi connectivity index (χ0) is 9.31. The third-order valence-electron chi connectivity index (χ3n) is 3.61. The number of carbonyl (C=O) groups is 1. The molecule has 2 nitrogen and oxygen atoms in total. The van der Waals surface area contributed by atoms with E-state index < -0.39 is 0 Å². The maximum Gasteiger partial charge on any atom is 1.00 e. The van der Waals surface area contributed by atoms with Crippen molar-refractivity contribution in [3.8, 4) is 0 Å². The minimum Gasteiger partial charge on any atom is -0.878 e. The van der Waals surface area contributed by atoms with Gasteiger partial charge < -0.3 is 5.11 Å². The fraction of sp³-hybridized carbons (Fsp3) is 0.727. The summed E-state index contributed by atoms with van der Waals surface area (Å²) >= 11 is 0. The van der Waals surface area contributed by atoms with E-state index in [1.54, 1.807) is 0 Å². The predicted molar refractivity (Wildman–Crippen MR) is 47.8 cm³/mol. The molecule has 0 radical (unpaired) electrons. The Morgan fingerprint density at radius 3 is 2.43 bits per heavy atom. The van der Waals surface area contributed by atoms with E-state index in [1.165, 1.54) is 25.7 Å². The Labute approximate surface area is 107 Å². The zero-order valence-electron chi connectivity index (χ0n) is 8.84. The summed E-state index contributed by atoms with van der Waals surface area (Å²) in [6.45, 7) is 0. The van der Waals surface area contributed by atoms with Gasteiger partial charge >= 0.3 is 29.6 Å². The van der Waals surface area contributed by atoms with Crippen LogP contribution in [0.4, 0.5) is 0 Å². The third-order valence-corrected chi connectivity index (χ3v) is 3.61. The molecule has 0 heterocycles. The van der Waals surface area contributed by atoms with Gasteiger partial charge in [-0.15, -0.1) is 6.26 Å². The molecule has 0 aromatic heterocycles.